The number of hydrogen-bond donors (Lipinski definition) is 2. The zero-order valence-electron chi connectivity index (χ0n) is 11.3. The van der Waals surface area contributed by atoms with E-state index in [1.807, 2.05) is 27.7 Å². The molecule has 5 nitrogen and oxygen atoms in total. The Hall–Kier alpha value is -0.200. The summed E-state index contributed by atoms with van der Waals surface area (Å²) in [7, 11) is 1.55. The fourth-order valence-corrected chi connectivity index (χ4v) is 1.92. The van der Waals surface area contributed by atoms with E-state index in [0.717, 1.165) is 0 Å². The van der Waals surface area contributed by atoms with Crippen LogP contribution in [0.1, 0.15) is 27.7 Å². The highest BCUT2D eigenvalue weighted by Crippen LogP contribution is 2.23. The van der Waals surface area contributed by atoms with Gasteiger partial charge in [-0.3, -0.25) is 0 Å². The van der Waals surface area contributed by atoms with Crippen LogP contribution in [0.25, 0.3) is 0 Å². The van der Waals surface area contributed by atoms with Gasteiger partial charge in [-0.25, -0.2) is 0 Å². The van der Waals surface area contributed by atoms with Crippen LogP contribution in [0.2, 0.25) is 0 Å². The molecule has 17 heavy (non-hydrogen) atoms. The number of hydrogen-bond acceptors (Lipinski definition) is 5. The van der Waals surface area contributed by atoms with Crippen molar-refractivity contribution in [2.24, 2.45) is 5.73 Å². The summed E-state index contributed by atoms with van der Waals surface area (Å²) in [5, 5.41) is 10.0. The number of aliphatic hydroxyl groups is 1. The maximum atomic E-state index is 10.0. The molecule has 1 aliphatic rings. The molecular weight excluding hydrogens is 222 g/mol. The molecule has 0 radical (unpaired) electrons. The molecule has 3 N–H and O–H groups in total. The van der Waals surface area contributed by atoms with E-state index in [9.17, 15) is 5.11 Å². The molecule has 1 heterocycles. The van der Waals surface area contributed by atoms with E-state index in [0.29, 0.717) is 6.61 Å². The van der Waals surface area contributed by atoms with Gasteiger partial charge in [-0.1, -0.05) is 0 Å². The number of nitrogens with two attached hydrogens (primary N) is 1. The Balaban J connectivity index is 2.63. The van der Waals surface area contributed by atoms with Gasteiger partial charge in [-0.15, -0.1) is 0 Å². The molecule has 5 heteroatoms. The normalized spacial score (nSPS) is 39.4. The zero-order chi connectivity index (χ0) is 13.2. The second kappa shape index (κ2) is 5.63. The third kappa shape index (κ3) is 3.89. The number of rotatable bonds is 3. The van der Waals surface area contributed by atoms with Crippen LogP contribution in [0.3, 0.4) is 0 Å². The van der Waals surface area contributed by atoms with Crippen LogP contribution in [0.4, 0.5) is 0 Å². The lowest BCUT2D eigenvalue weighted by Gasteiger charge is -2.42. The van der Waals surface area contributed by atoms with Gasteiger partial charge in [0, 0.05) is 7.11 Å². The summed E-state index contributed by atoms with van der Waals surface area (Å²) in [6, 6.07) is -0.425. The minimum absolute atomic E-state index is 0.204. The van der Waals surface area contributed by atoms with Crippen LogP contribution in [-0.2, 0) is 14.2 Å². The van der Waals surface area contributed by atoms with Crippen molar-refractivity contribution in [1.29, 1.82) is 0 Å². The van der Waals surface area contributed by atoms with Gasteiger partial charge in [0.15, 0.2) is 0 Å². The molecule has 1 fully saturated rings. The lowest BCUT2D eigenvalue weighted by Crippen LogP contribution is -2.62. The fourth-order valence-electron chi connectivity index (χ4n) is 1.92. The molecule has 5 atom stereocenters. The van der Waals surface area contributed by atoms with Gasteiger partial charge in [0.2, 0.25) is 0 Å². The lowest BCUT2D eigenvalue weighted by molar-refractivity contribution is -0.207. The third-order valence-electron chi connectivity index (χ3n) is 2.98. The van der Waals surface area contributed by atoms with Gasteiger partial charge in [-0.05, 0) is 27.7 Å². The molecule has 0 bridgehead atoms. The second-order valence-corrected chi connectivity index (χ2v) is 5.57. The van der Waals surface area contributed by atoms with E-state index in [1.165, 1.54) is 0 Å². The minimum atomic E-state index is -0.725. The van der Waals surface area contributed by atoms with Gasteiger partial charge < -0.3 is 25.1 Å². The molecule has 0 amide bonds. The van der Waals surface area contributed by atoms with Crippen molar-refractivity contribution in [2.75, 3.05) is 13.7 Å². The monoisotopic (exact) mass is 247 g/mol. The average molecular weight is 247 g/mol. The quantitative estimate of drug-likeness (QED) is 0.750. The SMILES string of the molecule is CO[C@@H]1C(COC(C)(C)C)O[C@@H](C)C(N)[C@H]1O. The molecule has 0 aromatic heterocycles. The summed E-state index contributed by atoms with van der Waals surface area (Å²) in [6.45, 7) is 8.16. The van der Waals surface area contributed by atoms with E-state index < -0.39 is 18.2 Å². The van der Waals surface area contributed by atoms with Crippen molar-refractivity contribution in [3.8, 4) is 0 Å². The first kappa shape index (κ1) is 14.9. The fraction of sp³-hybridized carbons (Fsp3) is 1.00. The van der Waals surface area contributed by atoms with E-state index >= 15 is 0 Å². The summed E-state index contributed by atoms with van der Waals surface area (Å²) < 4.78 is 16.7. The van der Waals surface area contributed by atoms with E-state index in [4.69, 9.17) is 19.9 Å². The molecule has 0 spiro atoms. The van der Waals surface area contributed by atoms with Crippen LogP contribution in [0, 0.1) is 0 Å². The lowest BCUT2D eigenvalue weighted by atomic mass is 9.94. The highest BCUT2D eigenvalue weighted by atomic mass is 16.6. The molecular formula is C12H25NO4. The molecule has 0 aromatic carbocycles. The summed E-state index contributed by atoms with van der Waals surface area (Å²) >= 11 is 0. The Bertz CT molecular complexity index is 241. The van der Waals surface area contributed by atoms with E-state index in [-0.39, 0.29) is 17.8 Å². The van der Waals surface area contributed by atoms with Crippen LogP contribution >= 0.6 is 0 Å². The topological polar surface area (TPSA) is 73.9 Å². The van der Waals surface area contributed by atoms with Crippen LogP contribution in [-0.4, -0.2) is 54.9 Å². The number of ether oxygens (including phenoxy) is 3. The van der Waals surface area contributed by atoms with Crippen molar-refractivity contribution in [1.82, 2.24) is 0 Å². The molecule has 102 valence electrons. The molecule has 1 aliphatic heterocycles. The standard InChI is InChI=1S/C12H25NO4/c1-7-9(13)10(14)11(15-5)8(17-7)6-16-12(2,3)4/h7-11,14H,6,13H2,1-5H3/t7-,8?,9?,10+,11+/m0/s1. The van der Waals surface area contributed by atoms with Crippen LogP contribution in [0.15, 0.2) is 0 Å². The van der Waals surface area contributed by atoms with Crippen molar-refractivity contribution in [3.05, 3.63) is 0 Å². The smallest absolute Gasteiger partial charge is 0.113 e. The summed E-state index contributed by atoms with van der Waals surface area (Å²) in [4.78, 5) is 0. The molecule has 2 unspecified atom stereocenters. The minimum Gasteiger partial charge on any atom is -0.389 e. The number of aliphatic hydroxyl groups excluding tert-OH is 1. The summed E-state index contributed by atoms with van der Waals surface area (Å²) in [6.07, 6.45) is -1.66. The van der Waals surface area contributed by atoms with Crippen LogP contribution < -0.4 is 5.73 Å². The zero-order valence-corrected chi connectivity index (χ0v) is 11.3. The highest BCUT2D eigenvalue weighted by Gasteiger charge is 2.42. The van der Waals surface area contributed by atoms with Crippen molar-refractivity contribution < 1.29 is 19.3 Å². The van der Waals surface area contributed by atoms with Crippen molar-refractivity contribution in [3.63, 3.8) is 0 Å². The highest BCUT2D eigenvalue weighted by molar-refractivity contribution is 4.94. The first-order chi connectivity index (χ1) is 7.76. The summed E-state index contributed by atoms with van der Waals surface area (Å²) in [5.41, 5.74) is 5.60. The molecule has 1 saturated heterocycles. The predicted molar refractivity (Wildman–Crippen MR) is 64.8 cm³/mol. The van der Waals surface area contributed by atoms with E-state index in [1.54, 1.807) is 7.11 Å². The first-order valence-electron chi connectivity index (χ1n) is 6.02. The number of methoxy groups -OCH3 is 1. The molecule has 0 aliphatic carbocycles. The molecule has 0 aromatic rings. The maximum Gasteiger partial charge on any atom is 0.113 e. The maximum absolute atomic E-state index is 10.0. The van der Waals surface area contributed by atoms with Gasteiger partial charge in [0.1, 0.15) is 18.3 Å². The Morgan fingerprint density at radius 1 is 1.35 bits per heavy atom. The Morgan fingerprint density at radius 2 is 1.94 bits per heavy atom. The Kier molecular flexibility index (Phi) is 4.92. The third-order valence-corrected chi connectivity index (χ3v) is 2.98. The summed E-state index contributed by atoms with van der Waals surface area (Å²) in [5.74, 6) is 0. The van der Waals surface area contributed by atoms with Gasteiger partial charge >= 0.3 is 0 Å². The van der Waals surface area contributed by atoms with E-state index in [2.05, 4.69) is 0 Å². The first-order valence-corrected chi connectivity index (χ1v) is 6.02. The van der Waals surface area contributed by atoms with Gasteiger partial charge in [0.25, 0.3) is 0 Å². The molecule has 1 rings (SSSR count). The van der Waals surface area contributed by atoms with Gasteiger partial charge in [-0.2, -0.15) is 0 Å². The van der Waals surface area contributed by atoms with Crippen molar-refractivity contribution in [2.45, 2.75) is 63.8 Å². The van der Waals surface area contributed by atoms with Gasteiger partial charge in [0.05, 0.1) is 24.4 Å². The molecule has 0 saturated carbocycles. The predicted octanol–water partition coefficient (Wildman–Crippen LogP) is 0.292. The average Bonchev–Trinajstić information content (AvgIpc) is 2.22. The largest absolute Gasteiger partial charge is 0.389 e. The Labute approximate surface area is 103 Å². The van der Waals surface area contributed by atoms with Crippen LogP contribution in [0.5, 0.6) is 0 Å². The second-order valence-electron chi connectivity index (χ2n) is 5.57. The van der Waals surface area contributed by atoms with Crippen molar-refractivity contribution >= 4 is 0 Å². The Morgan fingerprint density at radius 3 is 2.41 bits per heavy atom.